The molecule has 1 saturated heterocycles. The fraction of sp³-hybridized carbons (Fsp3) is 0.407. The van der Waals surface area contributed by atoms with E-state index in [9.17, 15) is 9.59 Å². The minimum absolute atomic E-state index is 0.0475. The van der Waals surface area contributed by atoms with Gasteiger partial charge < -0.3 is 9.88 Å². The van der Waals surface area contributed by atoms with Crippen LogP contribution in [0.25, 0.3) is 5.69 Å². The van der Waals surface area contributed by atoms with Crippen molar-refractivity contribution in [1.82, 2.24) is 14.8 Å². The number of rotatable bonds is 8. The Kier molecular flexibility index (Phi) is 7.46. The molecule has 3 aromatic rings. The Morgan fingerprint density at radius 1 is 1.06 bits per heavy atom. The van der Waals surface area contributed by atoms with Crippen molar-refractivity contribution in [2.24, 2.45) is 5.92 Å². The van der Waals surface area contributed by atoms with E-state index in [2.05, 4.69) is 57.4 Å². The van der Waals surface area contributed by atoms with Crippen LogP contribution in [-0.4, -0.2) is 47.3 Å². The first-order valence-electron chi connectivity index (χ1n) is 11.7. The molecule has 1 fully saturated rings. The van der Waals surface area contributed by atoms with E-state index in [4.69, 9.17) is 0 Å². The maximum atomic E-state index is 13.1. The number of aryl methyl sites for hydroxylation is 2. The zero-order valence-corrected chi connectivity index (χ0v) is 20.6. The van der Waals surface area contributed by atoms with Gasteiger partial charge in [-0.1, -0.05) is 23.8 Å². The molecule has 1 amide bonds. The van der Waals surface area contributed by atoms with Gasteiger partial charge >= 0.3 is 0 Å². The summed E-state index contributed by atoms with van der Waals surface area (Å²) >= 11 is 1.73. The average molecular weight is 464 g/mol. The number of thiophene rings is 1. The summed E-state index contributed by atoms with van der Waals surface area (Å²) in [7, 11) is 0. The number of benzene rings is 1. The van der Waals surface area contributed by atoms with Gasteiger partial charge in [0.25, 0.3) is 0 Å². The predicted molar refractivity (Wildman–Crippen MR) is 135 cm³/mol. The molecule has 0 atom stereocenters. The van der Waals surface area contributed by atoms with Crippen molar-refractivity contribution in [1.29, 1.82) is 0 Å². The Hall–Kier alpha value is -2.70. The van der Waals surface area contributed by atoms with Crippen molar-refractivity contribution in [3.8, 4) is 5.69 Å². The molecule has 0 aliphatic carbocycles. The highest BCUT2D eigenvalue weighted by molar-refractivity contribution is 7.09. The van der Waals surface area contributed by atoms with Gasteiger partial charge in [-0.15, -0.1) is 11.3 Å². The van der Waals surface area contributed by atoms with Crippen LogP contribution in [0.5, 0.6) is 0 Å². The highest BCUT2D eigenvalue weighted by Gasteiger charge is 2.27. The van der Waals surface area contributed by atoms with E-state index in [1.165, 1.54) is 10.4 Å². The van der Waals surface area contributed by atoms with E-state index in [0.717, 1.165) is 55.0 Å². The highest BCUT2D eigenvalue weighted by atomic mass is 32.1. The van der Waals surface area contributed by atoms with Crippen LogP contribution in [0.4, 0.5) is 0 Å². The van der Waals surface area contributed by atoms with Crippen molar-refractivity contribution in [2.45, 2.75) is 40.0 Å². The number of hydrogen-bond acceptors (Lipinski definition) is 4. The van der Waals surface area contributed by atoms with Crippen LogP contribution in [0.2, 0.25) is 0 Å². The molecule has 1 aliphatic heterocycles. The molecular formula is C27H33N3O2S. The first-order valence-corrected chi connectivity index (χ1v) is 12.6. The topological polar surface area (TPSA) is 54.3 Å². The molecule has 0 spiro atoms. The highest BCUT2D eigenvalue weighted by Crippen LogP contribution is 2.23. The largest absolute Gasteiger partial charge is 0.355 e. The van der Waals surface area contributed by atoms with E-state index in [-0.39, 0.29) is 17.6 Å². The number of nitrogens with one attached hydrogen (secondary N) is 1. The third-order valence-electron chi connectivity index (χ3n) is 6.60. The van der Waals surface area contributed by atoms with Crippen molar-refractivity contribution in [2.75, 3.05) is 26.2 Å². The zero-order chi connectivity index (χ0) is 23.4. The summed E-state index contributed by atoms with van der Waals surface area (Å²) in [4.78, 5) is 29.1. The molecule has 1 aliphatic rings. The number of nitrogens with zero attached hydrogens (tertiary/aromatic N) is 2. The van der Waals surface area contributed by atoms with Gasteiger partial charge in [0.15, 0.2) is 5.78 Å². The first kappa shape index (κ1) is 23.5. The number of likely N-dealkylation sites (tertiary alicyclic amines) is 1. The summed E-state index contributed by atoms with van der Waals surface area (Å²) in [6.45, 7) is 8.81. The summed E-state index contributed by atoms with van der Waals surface area (Å²) in [6.07, 6.45) is 2.50. The second-order valence-electron chi connectivity index (χ2n) is 9.05. The normalized spacial score (nSPS) is 15.0. The van der Waals surface area contributed by atoms with E-state index in [1.807, 2.05) is 26.0 Å². The summed E-state index contributed by atoms with van der Waals surface area (Å²) < 4.78 is 2.15. The molecule has 0 saturated carbocycles. The maximum absolute atomic E-state index is 13.1. The number of carbonyl (C=O) groups excluding carboxylic acids is 2. The second kappa shape index (κ2) is 10.5. The maximum Gasteiger partial charge on any atom is 0.223 e. The second-order valence-corrected chi connectivity index (χ2v) is 10.1. The molecule has 0 unspecified atom stereocenters. The Balaban J connectivity index is 1.29. The monoisotopic (exact) mass is 463 g/mol. The predicted octanol–water partition coefficient (Wildman–Crippen LogP) is 4.72. The summed E-state index contributed by atoms with van der Waals surface area (Å²) in [6, 6.07) is 14.5. The number of carbonyl (C=O) groups is 2. The standard InChI is InChI=1S/C27H33N3O2S/c1-19-6-8-23(9-7-19)30-20(2)17-25(21(30)3)26(31)18-29-14-11-22(12-15-29)27(32)28-13-10-24-5-4-16-33-24/h4-9,16-17,22H,10-15,18H2,1-3H3,(H,28,32). The molecule has 0 bridgehead atoms. The molecule has 4 rings (SSSR count). The average Bonchev–Trinajstić information content (AvgIpc) is 3.42. The van der Waals surface area contributed by atoms with Gasteiger partial charge in [-0.2, -0.15) is 0 Å². The fourth-order valence-corrected chi connectivity index (χ4v) is 5.39. The van der Waals surface area contributed by atoms with Gasteiger partial charge in [0.1, 0.15) is 0 Å². The number of hydrogen-bond donors (Lipinski definition) is 1. The van der Waals surface area contributed by atoms with E-state index < -0.39 is 0 Å². The van der Waals surface area contributed by atoms with Crippen LogP contribution in [-0.2, 0) is 11.2 Å². The third-order valence-corrected chi connectivity index (χ3v) is 7.54. The lowest BCUT2D eigenvalue weighted by atomic mass is 9.95. The van der Waals surface area contributed by atoms with Crippen molar-refractivity contribution < 1.29 is 9.59 Å². The van der Waals surface area contributed by atoms with Gasteiger partial charge in [-0.3, -0.25) is 14.5 Å². The quantitative estimate of drug-likeness (QED) is 0.492. The first-order chi connectivity index (χ1) is 15.9. The number of piperidine rings is 1. The van der Waals surface area contributed by atoms with Crippen LogP contribution in [0.15, 0.2) is 47.8 Å². The molecule has 2 aromatic heterocycles. The van der Waals surface area contributed by atoms with E-state index in [1.54, 1.807) is 11.3 Å². The molecule has 3 heterocycles. The lowest BCUT2D eigenvalue weighted by Crippen LogP contribution is -2.42. The molecule has 5 nitrogen and oxygen atoms in total. The van der Waals surface area contributed by atoms with Gasteiger partial charge in [0, 0.05) is 40.0 Å². The Bertz CT molecular complexity index is 1090. The van der Waals surface area contributed by atoms with E-state index in [0.29, 0.717) is 13.1 Å². The van der Waals surface area contributed by atoms with Gasteiger partial charge in [0.2, 0.25) is 5.91 Å². The van der Waals surface area contributed by atoms with Crippen LogP contribution >= 0.6 is 11.3 Å². The Morgan fingerprint density at radius 2 is 1.79 bits per heavy atom. The number of amides is 1. The molecule has 1 N–H and O–H groups in total. The smallest absolute Gasteiger partial charge is 0.223 e. The Morgan fingerprint density at radius 3 is 2.45 bits per heavy atom. The molecule has 1 aromatic carbocycles. The van der Waals surface area contributed by atoms with Gasteiger partial charge in [-0.05, 0) is 82.8 Å². The lowest BCUT2D eigenvalue weighted by molar-refractivity contribution is -0.126. The van der Waals surface area contributed by atoms with Crippen LogP contribution in [0.1, 0.15) is 45.0 Å². The van der Waals surface area contributed by atoms with Crippen LogP contribution < -0.4 is 5.32 Å². The van der Waals surface area contributed by atoms with Crippen molar-refractivity contribution in [3.05, 3.63) is 75.2 Å². The number of aromatic nitrogens is 1. The minimum atomic E-state index is 0.0475. The minimum Gasteiger partial charge on any atom is -0.355 e. The van der Waals surface area contributed by atoms with Crippen molar-refractivity contribution >= 4 is 23.0 Å². The number of Topliss-reactive ketones (excluding diaryl/α,β-unsaturated/α-hetero) is 1. The summed E-state index contributed by atoms with van der Waals surface area (Å²) in [5, 5.41) is 5.15. The molecule has 33 heavy (non-hydrogen) atoms. The Labute approximate surface area is 200 Å². The zero-order valence-electron chi connectivity index (χ0n) is 19.8. The van der Waals surface area contributed by atoms with Gasteiger partial charge in [0.05, 0.1) is 6.54 Å². The SMILES string of the molecule is Cc1ccc(-n2c(C)cc(C(=O)CN3CCC(C(=O)NCCc4cccs4)CC3)c2C)cc1. The third kappa shape index (κ3) is 5.63. The number of ketones is 1. The molecular weight excluding hydrogens is 430 g/mol. The van der Waals surface area contributed by atoms with Crippen LogP contribution in [0.3, 0.4) is 0 Å². The molecule has 6 heteroatoms. The van der Waals surface area contributed by atoms with Crippen molar-refractivity contribution in [3.63, 3.8) is 0 Å². The summed E-state index contributed by atoms with van der Waals surface area (Å²) in [5.74, 6) is 0.353. The van der Waals surface area contributed by atoms with Gasteiger partial charge in [-0.25, -0.2) is 0 Å². The lowest BCUT2D eigenvalue weighted by Gasteiger charge is -2.30. The van der Waals surface area contributed by atoms with E-state index >= 15 is 0 Å². The van der Waals surface area contributed by atoms with Crippen LogP contribution in [0, 0.1) is 26.7 Å². The molecule has 0 radical (unpaired) electrons. The fourth-order valence-electron chi connectivity index (χ4n) is 4.69. The molecule has 174 valence electrons. The summed E-state index contributed by atoms with van der Waals surface area (Å²) in [5.41, 5.74) is 5.15.